The van der Waals surface area contributed by atoms with Gasteiger partial charge in [0, 0.05) is 24.7 Å². The van der Waals surface area contributed by atoms with Crippen molar-refractivity contribution in [1.82, 2.24) is 19.7 Å². The maximum absolute atomic E-state index is 4.51. The van der Waals surface area contributed by atoms with Gasteiger partial charge in [-0.1, -0.05) is 24.3 Å². The highest BCUT2D eigenvalue weighted by Gasteiger charge is 2.15. The molecule has 5 heteroatoms. The molecule has 0 saturated carbocycles. The van der Waals surface area contributed by atoms with Gasteiger partial charge in [-0.2, -0.15) is 0 Å². The normalized spacial score (nSPS) is 10.9. The first-order valence-electron chi connectivity index (χ1n) is 6.86. The average molecular weight is 267 g/mol. The predicted molar refractivity (Wildman–Crippen MR) is 80.6 cm³/mol. The van der Waals surface area contributed by atoms with E-state index >= 15 is 0 Å². The zero-order valence-corrected chi connectivity index (χ0v) is 11.7. The second-order valence-electron chi connectivity index (χ2n) is 4.50. The minimum Gasteiger partial charge on any atom is -0.355 e. The minimum atomic E-state index is 0.791. The van der Waals surface area contributed by atoms with Gasteiger partial charge in [-0.25, -0.2) is 0 Å². The Labute approximate surface area is 117 Å². The maximum atomic E-state index is 4.51. The standard InChI is InChI=1S/C15H17N5/c1-3-16-15-19-18-14(20(15)4-2)13-12-8-6-5-7-11(12)9-10-17-13/h5-10H,3-4H2,1-2H3,(H,16,19). The molecule has 1 aromatic carbocycles. The first-order chi connectivity index (χ1) is 9.85. The molecule has 2 aromatic heterocycles. The highest BCUT2D eigenvalue weighted by atomic mass is 15.4. The molecule has 3 aromatic rings. The Morgan fingerprint density at radius 3 is 2.75 bits per heavy atom. The second-order valence-corrected chi connectivity index (χ2v) is 4.50. The number of anilines is 1. The van der Waals surface area contributed by atoms with Crippen molar-refractivity contribution in [2.45, 2.75) is 20.4 Å². The summed E-state index contributed by atoms with van der Waals surface area (Å²) in [5.74, 6) is 1.60. The van der Waals surface area contributed by atoms with Gasteiger partial charge < -0.3 is 5.32 Å². The van der Waals surface area contributed by atoms with Gasteiger partial charge in [-0.15, -0.1) is 10.2 Å². The van der Waals surface area contributed by atoms with Crippen molar-refractivity contribution >= 4 is 16.7 Å². The molecule has 20 heavy (non-hydrogen) atoms. The summed E-state index contributed by atoms with van der Waals surface area (Å²) in [5, 5.41) is 14.0. The van der Waals surface area contributed by atoms with E-state index in [1.165, 1.54) is 0 Å². The fraction of sp³-hybridized carbons (Fsp3) is 0.267. The van der Waals surface area contributed by atoms with E-state index in [4.69, 9.17) is 0 Å². The van der Waals surface area contributed by atoms with Gasteiger partial charge in [-0.05, 0) is 25.3 Å². The molecule has 0 aliphatic rings. The SMILES string of the molecule is CCNc1nnc(-c2nccc3ccccc23)n1CC. The molecule has 0 fully saturated rings. The fourth-order valence-electron chi connectivity index (χ4n) is 2.36. The summed E-state index contributed by atoms with van der Waals surface area (Å²) in [4.78, 5) is 4.51. The van der Waals surface area contributed by atoms with Crippen LogP contribution in [0.15, 0.2) is 36.5 Å². The molecule has 0 atom stereocenters. The second kappa shape index (κ2) is 5.28. The maximum Gasteiger partial charge on any atom is 0.224 e. The van der Waals surface area contributed by atoms with E-state index in [9.17, 15) is 0 Å². The smallest absolute Gasteiger partial charge is 0.224 e. The first-order valence-corrected chi connectivity index (χ1v) is 6.86. The van der Waals surface area contributed by atoms with E-state index in [0.717, 1.165) is 41.3 Å². The van der Waals surface area contributed by atoms with Crippen LogP contribution in [-0.2, 0) is 6.54 Å². The first kappa shape index (κ1) is 12.6. The molecule has 0 radical (unpaired) electrons. The summed E-state index contributed by atoms with van der Waals surface area (Å²) in [6, 6.07) is 10.2. The third-order valence-electron chi connectivity index (χ3n) is 3.29. The number of pyridine rings is 1. The molecule has 5 nitrogen and oxygen atoms in total. The van der Waals surface area contributed by atoms with Gasteiger partial charge in [0.25, 0.3) is 0 Å². The van der Waals surface area contributed by atoms with Gasteiger partial charge in [0.1, 0.15) is 5.69 Å². The van der Waals surface area contributed by atoms with Gasteiger partial charge in [0.2, 0.25) is 5.95 Å². The van der Waals surface area contributed by atoms with Gasteiger partial charge in [-0.3, -0.25) is 9.55 Å². The number of nitrogens with zero attached hydrogens (tertiary/aromatic N) is 4. The predicted octanol–water partition coefficient (Wildman–Crippen LogP) is 2.95. The molecule has 0 bridgehead atoms. The molecule has 2 heterocycles. The molecular formula is C15H17N5. The average Bonchev–Trinajstić information content (AvgIpc) is 2.89. The lowest BCUT2D eigenvalue weighted by atomic mass is 10.1. The Morgan fingerprint density at radius 2 is 1.95 bits per heavy atom. The number of nitrogens with one attached hydrogen (secondary N) is 1. The van der Waals surface area contributed by atoms with E-state index in [1.807, 2.05) is 31.3 Å². The van der Waals surface area contributed by atoms with Gasteiger partial charge in [0.05, 0.1) is 0 Å². The quantitative estimate of drug-likeness (QED) is 0.789. The van der Waals surface area contributed by atoms with E-state index < -0.39 is 0 Å². The molecular weight excluding hydrogens is 250 g/mol. The number of rotatable bonds is 4. The van der Waals surface area contributed by atoms with Crippen molar-refractivity contribution in [2.24, 2.45) is 0 Å². The highest BCUT2D eigenvalue weighted by Crippen LogP contribution is 2.26. The minimum absolute atomic E-state index is 0.791. The van der Waals surface area contributed by atoms with Crippen molar-refractivity contribution in [3.05, 3.63) is 36.5 Å². The summed E-state index contributed by atoms with van der Waals surface area (Å²) in [7, 11) is 0. The zero-order chi connectivity index (χ0) is 13.9. The van der Waals surface area contributed by atoms with E-state index in [0.29, 0.717) is 0 Å². The third kappa shape index (κ3) is 2.01. The zero-order valence-electron chi connectivity index (χ0n) is 11.7. The van der Waals surface area contributed by atoms with Crippen molar-refractivity contribution in [3.63, 3.8) is 0 Å². The van der Waals surface area contributed by atoms with Crippen molar-refractivity contribution in [3.8, 4) is 11.5 Å². The van der Waals surface area contributed by atoms with Crippen LogP contribution in [0.3, 0.4) is 0 Å². The highest BCUT2D eigenvalue weighted by molar-refractivity contribution is 5.93. The molecule has 0 unspecified atom stereocenters. The molecule has 1 N–H and O–H groups in total. The molecule has 0 spiro atoms. The van der Waals surface area contributed by atoms with E-state index in [-0.39, 0.29) is 0 Å². The number of aromatic nitrogens is 4. The Bertz CT molecular complexity index is 727. The largest absolute Gasteiger partial charge is 0.355 e. The lowest BCUT2D eigenvalue weighted by Crippen LogP contribution is -2.07. The number of fused-ring (bicyclic) bond motifs is 1. The lowest BCUT2D eigenvalue weighted by molar-refractivity contribution is 0.768. The Kier molecular flexibility index (Phi) is 3.33. The summed E-state index contributed by atoms with van der Waals surface area (Å²) in [6.45, 7) is 5.75. The van der Waals surface area contributed by atoms with Crippen molar-refractivity contribution in [1.29, 1.82) is 0 Å². The summed E-state index contributed by atoms with van der Waals surface area (Å²) < 4.78 is 2.05. The van der Waals surface area contributed by atoms with Crippen molar-refractivity contribution < 1.29 is 0 Å². The van der Waals surface area contributed by atoms with Crippen LogP contribution in [0, 0.1) is 0 Å². The van der Waals surface area contributed by atoms with Crippen LogP contribution in [0.2, 0.25) is 0 Å². The molecule has 0 saturated heterocycles. The van der Waals surface area contributed by atoms with Crippen LogP contribution in [0.4, 0.5) is 5.95 Å². The van der Waals surface area contributed by atoms with E-state index in [1.54, 1.807) is 0 Å². The molecule has 0 amide bonds. The fourth-order valence-corrected chi connectivity index (χ4v) is 2.36. The van der Waals surface area contributed by atoms with Gasteiger partial charge >= 0.3 is 0 Å². The van der Waals surface area contributed by atoms with Crippen LogP contribution < -0.4 is 5.32 Å². The van der Waals surface area contributed by atoms with E-state index in [2.05, 4.69) is 44.1 Å². The summed E-state index contributed by atoms with van der Waals surface area (Å²) in [5.41, 5.74) is 0.876. The topological polar surface area (TPSA) is 55.6 Å². The summed E-state index contributed by atoms with van der Waals surface area (Å²) >= 11 is 0. The van der Waals surface area contributed by atoms with Crippen molar-refractivity contribution in [2.75, 3.05) is 11.9 Å². The Hall–Kier alpha value is -2.43. The third-order valence-corrected chi connectivity index (χ3v) is 3.29. The summed E-state index contributed by atoms with van der Waals surface area (Å²) in [6.07, 6.45) is 1.82. The molecule has 0 aliphatic heterocycles. The van der Waals surface area contributed by atoms with Crippen LogP contribution in [-0.4, -0.2) is 26.3 Å². The molecule has 0 aliphatic carbocycles. The molecule has 3 rings (SSSR count). The Balaban J connectivity index is 2.21. The van der Waals surface area contributed by atoms with Crippen LogP contribution in [0.5, 0.6) is 0 Å². The van der Waals surface area contributed by atoms with Gasteiger partial charge in [0.15, 0.2) is 5.82 Å². The molecule has 102 valence electrons. The van der Waals surface area contributed by atoms with Crippen LogP contribution in [0.25, 0.3) is 22.3 Å². The Morgan fingerprint density at radius 1 is 1.10 bits per heavy atom. The van der Waals surface area contributed by atoms with Crippen LogP contribution >= 0.6 is 0 Å². The monoisotopic (exact) mass is 267 g/mol. The van der Waals surface area contributed by atoms with Crippen LogP contribution in [0.1, 0.15) is 13.8 Å². The number of hydrogen-bond donors (Lipinski definition) is 1. The lowest BCUT2D eigenvalue weighted by Gasteiger charge is -2.09. The number of benzene rings is 1. The number of hydrogen-bond acceptors (Lipinski definition) is 4.